The highest BCUT2D eigenvalue weighted by Gasteiger charge is 2.22. The lowest BCUT2D eigenvalue weighted by molar-refractivity contribution is -0.123. The van der Waals surface area contributed by atoms with Gasteiger partial charge in [0.15, 0.2) is 0 Å². The van der Waals surface area contributed by atoms with Gasteiger partial charge in [-0.05, 0) is 48.6 Å². The number of hydrogen-bond acceptors (Lipinski definition) is 6. The lowest BCUT2D eigenvalue weighted by Crippen LogP contribution is -2.47. The molecule has 0 aliphatic carbocycles. The monoisotopic (exact) mass is 543 g/mol. The van der Waals surface area contributed by atoms with Gasteiger partial charge in [0, 0.05) is 29.4 Å². The maximum atomic E-state index is 12.6. The number of aliphatic hydroxyl groups is 1. The van der Waals surface area contributed by atoms with Crippen LogP contribution in [0.2, 0.25) is 10.0 Å². The summed E-state index contributed by atoms with van der Waals surface area (Å²) in [6, 6.07) is 12.5. The van der Waals surface area contributed by atoms with Crippen molar-refractivity contribution < 1.29 is 23.1 Å². The average molecular weight is 544 g/mol. The van der Waals surface area contributed by atoms with Crippen LogP contribution in [0.15, 0.2) is 53.4 Å². The van der Waals surface area contributed by atoms with E-state index in [4.69, 9.17) is 23.2 Å². The van der Waals surface area contributed by atoms with Crippen molar-refractivity contribution in [2.24, 2.45) is 0 Å². The van der Waals surface area contributed by atoms with Crippen molar-refractivity contribution in [3.63, 3.8) is 0 Å². The predicted octanol–water partition coefficient (Wildman–Crippen LogP) is 3.17. The van der Waals surface area contributed by atoms with Gasteiger partial charge in [0.2, 0.25) is 15.9 Å². The molecular weight excluding hydrogens is 521 g/mol. The third-order valence-corrected chi connectivity index (χ3v) is 8.11. The molecule has 0 spiro atoms. The maximum absolute atomic E-state index is 12.6. The number of fused-ring (bicyclic) bond motifs is 1. The maximum Gasteiger partial charge on any atom is 0.262 e. The molecule has 0 saturated carbocycles. The Morgan fingerprint density at radius 2 is 1.82 bits per heavy atom. The zero-order chi connectivity index (χ0) is 24.7. The molecule has 3 aromatic rings. The van der Waals surface area contributed by atoms with Gasteiger partial charge >= 0.3 is 0 Å². The fourth-order valence-electron chi connectivity index (χ4n) is 3.12. The number of sulfonamides is 1. The summed E-state index contributed by atoms with van der Waals surface area (Å²) in [5.41, 5.74) is 0. The van der Waals surface area contributed by atoms with Gasteiger partial charge in [-0.1, -0.05) is 41.4 Å². The van der Waals surface area contributed by atoms with E-state index in [9.17, 15) is 23.1 Å². The number of amides is 2. The lowest BCUT2D eigenvalue weighted by Gasteiger charge is -2.17. The molecule has 2 aromatic carbocycles. The van der Waals surface area contributed by atoms with Gasteiger partial charge in [0.05, 0.1) is 9.90 Å². The van der Waals surface area contributed by atoms with Gasteiger partial charge in [0.25, 0.3) is 5.91 Å². The summed E-state index contributed by atoms with van der Waals surface area (Å²) in [6.07, 6.45) is 0.344. The van der Waals surface area contributed by atoms with E-state index in [0.717, 1.165) is 10.1 Å². The van der Waals surface area contributed by atoms with Crippen LogP contribution in [0.25, 0.3) is 10.1 Å². The predicted molar refractivity (Wildman–Crippen MR) is 134 cm³/mol. The summed E-state index contributed by atoms with van der Waals surface area (Å²) in [6.45, 7) is -0.0663. The first kappa shape index (κ1) is 26.4. The summed E-state index contributed by atoms with van der Waals surface area (Å²) in [5.74, 6) is -0.866. The molecule has 0 fully saturated rings. The van der Waals surface area contributed by atoms with Gasteiger partial charge < -0.3 is 15.7 Å². The van der Waals surface area contributed by atoms with Crippen LogP contribution in [0.1, 0.15) is 22.5 Å². The Labute approximate surface area is 211 Å². The first-order chi connectivity index (χ1) is 16.2. The van der Waals surface area contributed by atoms with E-state index in [1.165, 1.54) is 29.5 Å². The Morgan fingerprint density at radius 3 is 2.53 bits per heavy atom. The van der Waals surface area contributed by atoms with Crippen molar-refractivity contribution in [2.45, 2.75) is 23.8 Å². The van der Waals surface area contributed by atoms with Crippen molar-refractivity contribution in [3.8, 4) is 0 Å². The summed E-state index contributed by atoms with van der Waals surface area (Å²) in [5, 5.41) is 15.9. The molecule has 34 heavy (non-hydrogen) atoms. The van der Waals surface area contributed by atoms with Crippen LogP contribution in [0.4, 0.5) is 0 Å². The minimum atomic E-state index is -3.83. The Balaban J connectivity index is 1.49. The van der Waals surface area contributed by atoms with Crippen molar-refractivity contribution in [3.05, 3.63) is 63.5 Å². The SMILES string of the molecule is O=C(N[C@@H](CCO)C(=O)NCCCNS(=O)(=O)c1ccc(Cl)cc1Cl)c1cc2ccccc2s1. The number of carbonyl (C=O) groups excluding carboxylic acids is 2. The molecule has 1 heterocycles. The number of carbonyl (C=O) groups is 2. The topological polar surface area (TPSA) is 125 Å². The van der Waals surface area contributed by atoms with Gasteiger partial charge in [-0.15, -0.1) is 11.3 Å². The largest absolute Gasteiger partial charge is 0.396 e. The van der Waals surface area contributed by atoms with Gasteiger partial charge in [-0.25, -0.2) is 13.1 Å². The standard InChI is InChI=1S/C22H23Cl2N3O5S2/c23-15-6-7-20(16(24)13-15)34(31,32)26-10-3-9-25-21(29)17(8-11-28)27-22(30)19-12-14-4-1-2-5-18(14)33-19/h1-2,4-7,12-13,17,26,28H,3,8-11H2,(H,25,29)(H,27,30)/t17-/m0/s1. The molecule has 1 aromatic heterocycles. The molecule has 3 rings (SSSR count). The van der Waals surface area contributed by atoms with Crippen LogP contribution in [-0.4, -0.2) is 51.1 Å². The minimum Gasteiger partial charge on any atom is -0.396 e. The van der Waals surface area contributed by atoms with Gasteiger partial charge in [-0.2, -0.15) is 0 Å². The fourth-order valence-corrected chi connectivity index (χ4v) is 5.93. The first-order valence-electron chi connectivity index (χ1n) is 10.3. The van der Waals surface area contributed by atoms with E-state index in [0.29, 0.717) is 16.3 Å². The molecule has 0 aliphatic heterocycles. The number of hydrogen-bond donors (Lipinski definition) is 4. The molecule has 0 saturated heterocycles. The molecule has 182 valence electrons. The van der Waals surface area contributed by atoms with Crippen molar-refractivity contribution in [1.29, 1.82) is 0 Å². The molecule has 2 amide bonds. The third-order valence-electron chi connectivity index (χ3n) is 4.82. The van der Waals surface area contributed by atoms with Crippen LogP contribution in [0, 0.1) is 0 Å². The Morgan fingerprint density at radius 1 is 1.06 bits per heavy atom. The molecule has 8 nitrogen and oxygen atoms in total. The van der Waals surface area contributed by atoms with E-state index in [1.807, 2.05) is 24.3 Å². The van der Waals surface area contributed by atoms with Crippen LogP contribution >= 0.6 is 34.5 Å². The van der Waals surface area contributed by atoms with E-state index in [1.54, 1.807) is 6.07 Å². The molecule has 0 bridgehead atoms. The molecule has 0 aliphatic rings. The Hall–Kier alpha value is -2.21. The Kier molecular flexibility index (Phi) is 9.29. The second-order valence-electron chi connectivity index (χ2n) is 7.30. The zero-order valence-corrected chi connectivity index (χ0v) is 21.0. The number of rotatable bonds is 11. The van der Waals surface area contributed by atoms with E-state index >= 15 is 0 Å². The molecular formula is C22H23Cl2N3O5S2. The highest BCUT2D eigenvalue weighted by Crippen LogP contribution is 2.26. The molecule has 1 atom stereocenters. The summed E-state index contributed by atoms with van der Waals surface area (Å²) >= 11 is 13.1. The van der Waals surface area contributed by atoms with Crippen molar-refractivity contribution in [1.82, 2.24) is 15.4 Å². The van der Waals surface area contributed by atoms with E-state index < -0.39 is 27.9 Å². The van der Waals surface area contributed by atoms with E-state index in [-0.39, 0.29) is 36.0 Å². The number of thiophene rings is 1. The van der Waals surface area contributed by atoms with Crippen molar-refractivity contribution in [2.75, 3.05) is 19.7 Å². The normalized spacial score (nSPS) is 12.4. The second kappa shape index (κ2) is 12.0. The van der Waals surface area contributed by atoms with Gasteiger partial charge in [0.1, 0.15) is 10.9 Å². The molecule has 12 heteroatoms. The number of nitrogens with one attached hydrogen (secondary N) is 3. The summed E-state index contributed by atoms with van der Waals surface area (Å²) < 4.78 is 28.1. The fraction of sp³-hybridized carbons (Fsp3) is 0.273. The molecule has 0 unspecified atom stereocenters. The highest BCUT2D eigenvalue weighted by molar-refractivity contribution is 7.89. The number of benzene rings is 2. The summed E-state index contributed by atoms with van der Waals surface area (Å²) in [7, 11) is -3.83. The van der Waals surface area contributed by atoms with Crippen LogP contribution in [-0.2, 0) is 14.8 Å². The molecule has 0 radical (unpaired) electrons. The smallest absolute Gasteiger partial charge is 0.262 e. The zero-order valence-electron chi connectivity index (χ0n) is 17.9. The van der Waals surface area contributed by atoms with Gasteiger partial charge in [-0.3, -0.25) is 9.59 Å². The molecule has 4 N–H and O–H groups in total. The number of halogens is 2. The van der Waals surface area contributed by atoms with Crippen molar-refractivity contribution >= 4 is 66.5 Å². The third kappa shape index (κ3) is 6.91. The number of aliphatic hydroxyl groups excluding tert-OH is 1. The lowest BCUT2D eigenvalue weighted by atomic mass is 10.2. The van der Waals surface area contributed by atoms with Crippen LogP contribution in [0.5, 0.6) is 0 Å². The van der Waals surface area contributed by atoms with Crippen LogP contribution in [0.3, 0.4) is 0 Å². The van der Waals surface area contributed by atoms with Crippen LogP contribution < -0.4 is 15.4 Å². The second-order valence-corrected chi connectivity index (χ2v) is 11.0. The highest BCUT2D eigenvalue weighted by atomic mass is 35.5. The van der Waals surface area contributed by atoms with E-state index in [2.05, 4.69) is 15.4 Å². The first-order valence-corrected chi connectivity index (χ1v) is 13.4. The quantitative estimate of drug-likeness (QED) is 0.276. The summed E-state index contributed by atoms with van der Waals surface area (Å²) in [4.78, 5) is 25.5. The average Bonchev–Trinajstić information content (AvgIpc) is 3.22. The minimum absolute atomic E-state index is 0.00882. The Bertz CT molecular complexity index is 1250.